The van der Waals surface area contributed by atoms with Crippen LogP contribution in [-0.4, -0.2) is 88.0 Å². The molecular weight excluding hydrogens is 561 g/mol. The molecule has 3 fully saturated rings. The number of aliphatic hydroxyl groups is 1. The SMILES string of the molecule is CN1CCN([C@H]2C[C@H](C(=O)Nc3cc(Nc4cc(-c5cc(Cl)ccc5F)nnc4OCC4CC(O)C4)ccn3)C2)CC1. The Bertz CT molecular complexity index is 1430. The summed E-state index contributed by atoms with van der Waals surface area (Å²) >= 11 is 6.11. The molecule has 0 radical (unpaired) electrons. The largest absolute Gasteiger partial charge is 0.475 e. The Morgan fingerprint density at radius 1 is 1.10 bits per heavy atom. The molecule has 10 nitrogen and oxygen atoms in total. The summed E-state index contributed by atoms with van der Waals surface area (Å²) in [6.07, 6.45) is 4.38. The average molecular weight is 596 g/mol. The lowest BCUT2D eigenvalue weighted by molar-refractivity contribution is -0.124. The number of amides is 1. The average Bonchev–Trinajstić information content (AvgIpc) is 2.93. The molecule has 1 aromatic carbocycles. The number of hydrogen-bond acceptors (Lipinski definition) is 9. The van der Waals surface area contributed by atoms with Gasteiger partial charge in [0.15, 0.2) is 0 Å². The van der Waals surface area contributed by atoms with Crippen molar-refractivity contribution in [2.24, 2.45) is 11.8 Å². The number of pyridine rings is 1. The van der Waals surface area contributed by atoms with E-state index in [1.54, 1.807) is 24.4 Å². The standard InChI is InChI=1S/C30H35ClFN7O3/c1-38-6-8-39(9-7-38)22-12-19(13-22)29(41)35-28-15-21(4-5-33-28)34-27-16-26(24-14-20(31)2-3-25(24)32)36-37-30(27)42-17-18-10-23(40)11-18/h2-5,14-16,18-19,22-23,40H,6-13,17H2,1H3,(H2,33,34,35,36,41)/t18?,19-,22-,23?. The lowest BCUT2D eigenvalue weighted by atomic mass is 9.78. The number of hydrogen-bond donors (Lipinski definition) is 3. The second-order valence-electron chi connectivity index (χ2n) is 11.6. The molecule has 2 aliphatic carbocycles. The molecular formula is C30H35ClFN7O3. The van der Waals surface area contributed by atoms with E-state index in [9.17, 15) is 14.3 Å². The molecule has 0 unspecified atom stereocenters. The number of piperazine rings is 1. The predicted molar refractivity (Wildman–Crippen MR) is 158 cm³/mol. The van der Waals surface area contributed by atoms with Crippen LogP contribution < -0.4 is 15.4 Å². The number of likely N-dealkylation sites (N-methyl/N-ethyl adjacent to an activating group) is 1. The van der Waals surface area contributed by atoms with Crippen molar-refractivity contribution >= 4 is 34.7 Å². The number of aliphatic hydroxyl groups excluding tert-OH is 1. The quantitative estimate of drug-likeness (QED) is 0.335. The van der Waals surface area contributed by atoms with Crippen molar-refractivity contribution in [3.8, 4) is 17.1 Å². The van der Waals surface area contributed by atoms with Gasteiger partial charge in [0.1, 0.15) is 17.3 Å². The van der Waals surface area contributed by atoms with E-state index in [2.05, 4.69) is 42.7 Å². The van der Waals surface area contributed by atoms with Crippen molar-refractivity contribution in [2.45, 2.75) is 37.8 Å². The molecule has 0 atom stereocenters. The van der Waals surface area contributed by atoms with Gasteiger partial charge in [-0.05, 0) is 69.0 Å². The van der Waals surface area contributed by atoms with Gasteiger partial charge in [0, 0.05) is 66.7 Å². The second kappa shape index (κ2) is 12.5. The van der Waals surface area contributed by atoms with Crippen LogP contribution in [0.2, 0.25) is 5.02 Å². The van der Waals surface area contributed by atoms with Crippen LogP contribution in [0, 0.1) is 17.7 Å². The van der Waals surface area contributed by atoms with Crippen LogP contribution >= 0.6 is 11.6 Å². The van der Waals surface area contributed by atoms with Crippen LogP contribution in [0.3, 0.4) is 0 Å². The van der Waals surface area contributed by atoms with E-state index in [0.29, 0.717) is 47.7 Å². The Morgan fingerprint density at radius 2 is 1.88 bits per heavy atom. The van der Waals surface area contributed by atoms with Crippen LogP contribution in [0.5, 0.6) is 5.88 Å². The maximum atomic E-state index is 14.6. The highest BCUT2D eigenvalue weighted by molar-refractivity contribution is 6.30. The van der Waals surface area contributed by atoms with E-state index in [1.165, 1.54) is 18.2 Å². The third-order valence-corrected chi connectivity index (χ3v) is 8.69. The molecule has 3 aromatic rings. The fourth-order valence-corrected chi connectivity index (χ4v) is 5.86. The number of anilines is 3. The summed E-state index contributed by atoms with van der Waals surface area (Å²) in [5.74, 6) is 0.372. The molecule has 3 N–H and O–H groups in total. The first-order valence-corrected chi connectivity index (χ1v) is 14.8. The predicted octanol–water partition coefficient (Wildman–Crippen LogP) is 4.19. The molecule has 3 aliphatic rings. The minimum atomic E-state index is -0.475. The number of aromatic nitrogens is 3. The highest BCUT2D eigenvalue weighted by Crippen LogP contribution is 2.35. The minimum Gasteiger partial charge on any atom is -0.475 e. The van der Waals surface area contributed by atoms with Gasteiger partial charge in [-0.2, -0.15) is 0 Å². The molecule has 1 amide bonds. The Hall–Kier alpha value is -3.38. The Balaban J connectivity index is 1.14. The number of nitrogens with one attached hydrogen (secondary N) is 2. The highest BCUT2D eigenvalue weighted by Gasteiger charge is 2.38. The summed E-state index contributed by atoms with van der Waals surface area (Å²) in [5.41, 5.74) is 1.60. The number of rotatable bonds is 9. The first kappa shape index (κ1) is 28.7. The fraction of sp³-hybridized carbons (Fsp3) is 0.467. The number of halogens is 2. The molecule has 0 bridgehead atoms. The normalized spacial score (nSPS) is 24.4. The first-order chi connectivity index (χ1) is 20.3. The van der Waals surface area contributed by atoms with Crippen LogP contribution in [0.4, 0.5) is 21.6 Å². The summed E-state index contributed by atoms with van der Waals surface area (Å²) in [4.78, 5) is 22.1. The third kappa shape index (κ3) is 6.64. The molecule has 0 spiro atoms. The summed E-state index contributed by atoms with van der Waals surface area (Å²) in [6.45, 7) is 4.61. The van der Waals surface area contributed by atoms with Crippen LogP contribution in [0.15, 0.2) is 42.6 Å². The van der Waals surface area contributed by atoms with E-state index >= 15 is 0 Å². The van der Waals surface area contributed by atoms with Gasteiger partial charge in [-0.3, -0.25) is 9.69 Å². The van der Waals surface area contributed by atoms with Crippen LogP contribution in [0.1, 0.15) is 25.7 Å². The van der Waals surface area contributed by atoms with Crippen molar-refractivity contribution in [1.29, 1.82) is 0 Å². The van der Waals surface area contributed by atoms with Crippen LogP contribution in [-0.2, 0) is 4.79 Å². The Morgan fingerprint density at radius 3 is 2.64 bits per heavy atom. The molecule has 42 heavy (non-hydrogen) atoms. The highest BCUT2D eigenvalue weighted by atomic mass is 35.5. The molecule has 222 valence electrons. The third-order valence-electron chi connectivity index (χ3n) is 8.46. The van der Waals surface area contributed by atoms with E-state index in [0.717, 1.165) is 39.0 Å². The number of carbonyl (C=O) groups is 1. The zero-order valence-electron chi connectivity index (χ0n) is 23.5. The molecule has 1 saturated heterocycles. The van der Waals surface area contributed by atoms with Crippen molar-refractivity contribution in [3.63, 3.8) is 0 Å². The van der Waals surface area contributed by atoms with E-state index in [4.69, 9.17) is 16.3 Å². The minimum absolute atomic E-state index is 0.0268. The zero-order chi connectivity index (χ0) is 29.2. The molecule has 1 aliphatic heterocycles. The van der Waals surface area contributed by atoms with Gasteiger partial charge in [-0.15, -0.1) is 10.2 Å². The summed E-state index contributed by atoms with van der Waals surface area (Å²) in [5, 5.41) is 24.7. The monoisotopic (exact) mass is 595 g/mol. The first-order valence-electron chi connectivity index (χ1n) is 14.4. The van der Waals surface area contributed by atoms with Gasteiger partial charge in [0.25, 0.3) is 5.88 Å². The molecule has 2 aromatic heterocycles. The number of carbonyl (C=O) groups excluding carboxylic acids is 1. The number of nitrogens with zero attached hydrogens (tertiary/aromatic N) is 5. The molecule has 2 saturated carbocycles. The molecule has 3 heterocycles. The van der Waals surface area contributed by atoms with Gasteiger partial charge in [-0.1, -0.05) is 11.6 Å². The lowest BCUT2D eigenvalue weighted by Crippen LogP contribution is -2.54. The van der Waals surface area contributed by atoms with E-state index < -0.39 is 5.82 Å². The molecule has 12 heteroatoms. The fourth-order valence-electron chi connectivity index (χ4n) is 5.68. The maximum absolute atomic E-state index is 14.6. The van der Waals surface area contributed by atoms with Gasteiger partial charge in [0.2, 0.25) is 5.91 Å². The number of benzene rings is 1. The van der Waals surface area contributed by atoms with Gasteiger partial charge < -0.3 is 25.4 Å². The van der Waals surface area contributed by atoms with Gasteiger partial charge in [0.05, 0.1) is 18.4 Å². The lowest BCUT2D eigenvalue weighted by Gasteiger charge is -2.45. The van der Waals surface area contributed by atoms with E-state index in [-0.39, 0.29) is 41.0 Å². The van der Waals surface area contributed by atoms with Crippen molar-refractivity contribution < 1.29 is 19.0 Å². The van der Waals surface area contributed by atoms with E-state index in [1.807, 2.05) is 0 Å². The molecule has 6 rings (SSSR count). The number of ether oxygens (including phenoxy) is 1. The zero-order valence-corrected chi connectivity index (χ0v) is 24.2. The maximum Gasteiger partial charge on any atom is 0.257 e. The topological polar surface area (TPSA) is 116 Å². The van der Waals surface area contributed by atoms with Gasteiger partial charge in [-0.25, -0.2) is 9.37 Å². The summed E-state index contributed by atoms with van der Waals surface area (Å²) in [7, 11) is 2.14. The van der Waals surface area contributed by atoms with Crippen molar-refractivity contribution in [3.05, 3.63) is 53.4 Å². The van der Waals surface area contributed by atoms with Crippen molar-refractivity contribution in [2.75, 3.05) is 50.5 Å². The second-order valence-corrected chi connectivity index (χ2v) is 12.0. The van der Waals surface area contributed by atoms with Gasteiger partial charge >= 0.3 is 0 Å². The Kier molecular flexibility index (Phi) is 8.53. The summed E-state index contributed by atoms with van der Waals surface area (Å²) in [6, 6.07) is 9.87. The smallest absolute Gasteiger partial charge is 0.257 e. The Labute approximate surface area is 249 Å². The van der Waals surface area contributed by atoms with Crippen molar-refractivity contribution in [1.82, 2.24) is 25.0 Å². The van der Waals surface area contributed by atoms with Crippen LogP contribution in [0.25, 0.3) is 11.3 Å². The summed E-state index contributed by atoms with van der Waals surface area (Å²) < 4.78 is 20.6.